The van der Waals surface area contributed by atoms with E-state index in [0.29, 0.717) is 25.2 Å². The predicted molar refractivity (Wildman–Crippen MR) is 59.2 cm³/mol. The lowest BCUT2D eigenvalue weighted by Gasteiger charge is -2.19. The van der Waals surface area contributed by atoms with Crippen molar-refractivity contribution in [3.63, 3.8) is 0 Å². The third-order valence-corrected chi connectivity index (χ3v) is 2.88. The van der Waals surface area contributed by atoms with Gasteiger partial charge in [-0.3, -0.25) is 0 Å². The Balaban J connectivity index is 2.28. The van der Waals surface area contributed by atoms with Crippen LogP contribution in [0.1, 0.15) is 25.3 Å². The van der Waals surface area contributed by atoms with E-state index in [4.69, 9.17) is 15.2 Å². The monoisotopic (exact) mass is 207 g/mol. The second-order valence-corrected chi connectivity index (χ2v) is 4.20. The van der Waals surface area contributed by atoms with E-state index in [1.54, 1.807) is 0 Å². The third kappa shape index (κ3) is 1.92. The molecule has 0 aliphatic carbocycles. The highest BCUT2D eigenvalue weighted by atomic mass is 16.7. The molecule has 1 aromatic rings. The van der Waals surface area contributed by atoms with Crippen molar-refractivity contribution in [3.8, 4) is 11.5 Å². The maximum Gasteiger partial charge on any atom is 0.231 e. The molecule has 1 aliphatic rings. The summed E-state index contributed by atoms with van der Waals surface area (Å²) in [4.78, 5) is 0. The molecule has 3 heteroatoms. The summed E-state index contributed by atoms with van der Waals surface area (Å²) in [6.07, 6.45) is 0. The molecule has 1 unspecified atom stereocenters. The van der Waals surface area contributed by atoms with Crippen molar-refractivity contribution in [2.45, 2.75) is 19.8 Å². The fourth-order valence-electron chi connectivity index (χ4n) is 1.94. The van der Waals surface area contributed by atoms with Crippen molar-refractivity contribution >= 4 is 0 Å². The van der Waals surface area contributed by atoms with Gasteiger partial charge in [0.1, 0.15) is 0 Å². The molecule has 0 amide bonds. The first-order valence-electron chi connectivity index (χ1n) is 5.32. The molecule has 1 aromatic carbocycles. The van der Waals surface area contributed by atoms with Crippen LogP contribution in [0.3, 0.4) is 0 Å². The molecule has 2 rings (SSSR count). The van der Waals surface area contributed by atoms with Crippen molar-refractivity contribution in [2.24, 2.45) is 11.7 Å². The van der Waals surface area contributed by atoms with Crippen molar-refractivity contribution in [1.82, 2.24) is 0 Å². The topological polar surface area (TPSA) is 44.5 Å². The van der Waals surface area contributed by atoms with Crippen LogP contribution < -0.4 is 15.2 Å². The summed E-state index contributed by atoms with van der Waals surface area (Å²) in [6, 6.07) is 6.08. The molecule has 3 nitrogen and oxygen atoms in total. The van der Waals surface area contributed by atoms with Crippen LogP contribution >= 0.6 is 0 Å². The number of hydrogen-bond donors (Lipinski definition) is 1. The van der Waals surface area contributed by atoms with Gasteiger partial charge < -0.3 is 15.2 Å². The first-order valence-corrected chi connectivity index (χ1v) is 5.32. The van der Waals surface area contributed by atoms with Gasteiger partial charge >= 0.3 is 0 Å². The summed E-state index contributed by atoms with van der Waals surface area (Å²) in [5.41, 5.74) is 7.01. The quantitative estimate of drug-likeness (QED) is 0.825. The number of fused-ring (bicyclic) bond motifs is 1. The lowest BCUT2D eigenvalue weighted by atomic mass is 9.88. The predicted octanol–water partition coefficient (Wildman–Crippen LogP) is 2.11. The smallest absolute Gasteiger partial charge is 0.231 e. The molecule has 0 spiro atoms. The van der Waals surface area contributed by atoms with E-state index in [9.17, 15) is 0 Å². The second kappa shape index (κ2) is 4.11. The average molecular weight is 207 g/mol. The largest absolute Gasteiger partial charge is 0.454 e. The molecule has 0 saturated carbocycles. The van der Waals surface area contributed by atoms with Crippen LogP contribution in [0.2, 0.25) is 0 Å². The van der Waals surface area contributed by atoms with E-state index in [1.165, 1.54) is 5.56 Å². The van der Waals surface area contributed by atoms with Gasteiger partial charge in [0.05, 0.1) is 0 Å². The van der Waals surface area contributed by atoms with Crippen LogP contribution in [0.4, 0.5) is 0 Å². The van der Waals surface area contributed by atoms with Gasteiger partial charge in [-0.15, -0.1) is 0 Å². The van der Waals surface area contributed by atoms with Gasteiger partial charge in [0.25, 0.3) is 0 Å². The van der Waals surface area contributed by atoms with E-state index < -0.39 is 0 Å². The van der Waals surface area contributed by atoms with Crippen LogP contribution in [0.15, 0.2) is 18.2 Å². The maximum absolute atomic E-state index is 5.78. The zero-order chi connectivity index (χ0) is 10.8. The van der Waals surface area contributed by atoms with E-state index >= 15 is 0 Å². The van der Waals surface area contributed by atoms with Gasteiger partial charge in [0.2, 0.25) is 6.79 Å². The minimum absolute atomic E-state index is 0.327. The highest BCUT2D eigenvalue weighted by Gasteiger charge is 2.19. The molecular weight excluding hydrogens is 190 g/mol. The SMILES string of the molecule is CC(C)C(CN)c1ccc2c(c1)OCO2. The molecular formula is C12H17NO2. The highest BCUT2D eigenvalue weighted by molar-refractivity contribution is 5.45. The molecule has 1 atom stereocenters. The zero-order valence-electron chi connectivity index (χ0n) is 9.19. The summed E-state index contributed by atoms with van der Waals surface area (Å²) in [7, 11) is 0. The highest BCUT2D eigenvalue weighted by Crippen LogP contribution is 2.35. The summed E-state index contributed by atoms with van der Waals surface area (Å²) in [5.74, 6) is 2.60. The Hall–Kier alpha value is -1.22. The van der Waals surface area contributed by atoms with Crippen LogP contribution in [-0.4, -0.2) is 13.3 Å². The van der Waals surface area contributed by atoms with Gasteiger partial charge in [-0.25, -0.2) is 0 Å². The first-order chi connectivity index (χ1) is 7.22. The Morgan fingerprint density at radius 2 is 2.00 bits per heavy atom. The van der Waals surface area contributed by atoms with Crippen molar-refractivity contribution in [2.75, 3.05) is 13.3 Å². The van der Waals surface area contributed by atoms with E-state index in [2.05, 4.69) is 19.9 Å². The van der Waals surface area contributed by atoms with E-state index in [0.717, 1.165) is 11.5 Å². The molecule has 1 aliphatic heterocycles. The number of benzene rings is 1. The van der Waals surface area contributed by atoms with Crippen molar-refractivity contribution in [3.05, 3.63) is 23.8 Å². The first kappa shape index (κ1) is 10.3. The maximum atomic E-state index is 5.78. The summed E-state index contributed by atoms with van der Waals surface area (Å²) >= 11 is 0. The Kier molecular flexibility index (Phi) is 2.82. The fourth-order valence-corrected chi connectivity index (χ4v) is 1.94. The molecule has 0 bridgehead atoms. The van der Waals surface area contributed by atoms with Crippen molar-refractivity contribution in [1.29, 1.82) is 0 Å². The van der Waals surface area contributed by atoms with Crippen molar-refractivity contribution < 1.29 is 9.47 Å². The second-order valence-electron chi connectivity index (χ2n) is 4.20. The Morgan fingerprint density at radius 3 is 2.67 bits per heavy atom. The van der Waals surface area contributed by atoms with E-state index in [1.807, 2.05) is 12.1 Å². The number of hydrogen-bond acceptors (Lipinski definition) is 3. The number of rotatable bonds is 3. The standard InChI is InChI=1S/C12H17NO2/c1-8(2)10(6-13)9-3-4-11-12(5-9)15-7-14-11/h3-5,8,10H,6-7,13H2,1-2H3. The van der Waals surface area contributed by atoms with Gasteiger partial charge in [-0.1, -0.05) is 19.9 Å². The summed E-state index contributed by atoms with van der Waals surface area (Å²) in [5, 5.41) is 0. The minimum Gasteiger partial charge on any atom is -0.454 e. The van der Waals surface area contributed by atoms with Crippen LogP contribution in [0, 0.1) is 5.92 Å². The Morgan fingerprint density at radius 1 is 1.27 bits per heavy atom. The van der Waals surface area contributed by atoms with Gasteiger partial charge in [-0.05, 0) is 36.1 Å². The molecule has 15 heavy (non-hydrogen) atoms. The number of nitrogens with two attached hydrogens (primary N) is 1. The minimum atomic E-state index is 0.327. The van der Waals surface area contributed by atoms with Crippen LogP contribution in [0.25, 0.3) is 0 Å². The molecule has 2 N–H and O–H groups in total. The molecule has 0 fully saturated rings. The molecule has 82 valence electrons. The zero-order valence-corrected chi connectivity index (χ0v) is 9.19. The fraction of sp³-hybridized carbons (Fsp3) is 0.500. The van der Waals surface area contributed by atoms with Gasteiger partial charge in [-0.2, -0.15) is 0 Å². The van der Waals surface area contributed by atoms with Crippen LogP contribution in [0.5, 0.6) is 11.5 Å². The lowest BCUT2D eigenvalue weighted by molar-refractivity contribution is 0.174. The summed E-state index contributed by atoms with van der Waals surface area (Å²) in [6.45, 7) is 5.36. The summed E-state index contributed by atoms with van der Waals surface area (Å²) < 4.78 is 10.6. The average Bonchev–Trinajstić information content (AvgIpc) is 2.65. The molecule has 0 radical (unpaired) electrons. The van der Waals surface area contributed by atoms with Crippen LogP contribution in [-0.2, 0) is 0 Å². The third-order valence-electron chi connectivity index (χ3n) is 2.88. The Labute approximate surface area is 90.2 Å². The van der Waals surface area contributed by atoms with Gasteiger partial charge in [0, 0.05) is 0 Å². The Bertz CT molecular complexity index is 349. The lowest BCUT2D eigenvalue weighted by Crippen LogP contribution is -2.17. The van der Waals surface area contributed by atoms with Gasteiger partial charge in [0.15, 0.2) is 11.5 Å². The molecule has 0 aromatic heterocycles. The molecule has 1 heterocycles. The van der Waals surface area contributed by atoms with E-state index in [-0.39, 0.29) is 0 Å². The normalized spacial score (nSPS) is 15.7. The number of ether oxygens (including phenoxy) is 2. The molecule has 0 saturated heterocycles.